The molecule has 7 nitrogen and oxygen atoms in total. The number of fused-ring (bicyclic) bond motifs is 1. The van der Waals surface area contributed by atoms with Crippen LogP contribution in [0.3, 0.4) is 0 Å². The van der Waals surface area contributed by atoms with Crippen molar-refractivity contribution in [2.24, 2.45) is 14.1 Å². The molecule has 0 radical (unpaired) electrons. The largest absolute Gasteiger partial charge is 0.311 e. The maximum atomic E-state index is 12.6. The van der Waals surface area contributed by atoms with Crippen molar-refractivity contribution < 1.29 is 0 Å². The second kappa shape index (κ2) is 7.42. The minimum absolute atomic E-state index is 0.0687. The third kappa shape index (κ3) is 3.13. The van der Waals surface area contributed by atoms with E-state index in [1.807, 2.05) is 37.4 Å². The molecule has 0 bridgehead atoms. The molecule has 0 N–H and O–H groups in total. The van der Waals surface area contributed by atoms with Gasteiger partial charge < -0.3 is 4.57 Å². The standard InChI is InChI=1S/C21H24N6O/c1-4-5-6-11-18-23-21(27(24-18)19-12-13-22-26(19)3)16-14-20(28)25(2)17-10-8-7-9-15(16)17/h7-10,12-14H,4-6,11H2,1-3H3. The molecule has 0 amide bonds. The molecule has 28 heavy (non-hydrogen) atoms. The van der Waals surface area contributed by atoms with Gasteiger partial charge in [0.1, 0.15) is 0 Å². The monoisotopic (exact) mass is 376 g/mol. The second-order valence-electron chi connectivity index (χ2n) is 7.01. The SMILES string of the molecule is CCCCCc1nc(-c2cc(=O)n(C)c3ccccc23)n(-c2ccnn2C)n1. The zero-order valence-corrected chi connectivity index (χ0v) is 16.5. The number of nitrogens with zero attached hydrogens (tertiary/aromatic N) is 6. The lowest BCUT2D eigenvalue weighted by atomic mass is 10.1. The maximum absolute atomic E-state index is 12.6. The number of rotatable bonds is 6. The predicted molar refractivity (Wildman–Crippen MR) is 110 cm³/mol. The predicted octanol–water partition coefficient (Wildman–Crippen LogP) is 3.25. The third-order valence-electron chi connectivity index (χ3n) is 5.06. The van der Waals surface area contributed by atoms with Crippen molar-refractivity contribution in [1.29, 1.82) is 0 Å². The van der Waals surface area contributed by atoms with Crippen LogP contribution in [0.1, 0.15) is 32.0 Å². The quantitative estimate of drug-likeness (QED) is 0.484. The summed E-state index contributed by atoms with van der Waals surface area (Å²) in [5.41, 5.74) is 1.59. The number of benzene rings is 1. The summed E-state index contributed by atoms with van der Waals surface area (Å²) < 4.78 is 5.22. The molecular weight excluding hydrogens is 352 g/mol. The molecule has 4 rings (SSSR count). The minimum atomic E-state index is -0.0687. The summed E-state index contributed by atoms with van der Waals surface area (Å²) in [5.74, 6) is 2.27. The fourth-order valence-electron chi connectivity index (χ4n) is 3.50. The number of aryl methyl sites for hydroxylation is 3. The minimum Gasteiger partial charge on any atom is -0.311 e. The Hall–Kier alpha value is -3.22. The summed E-state index contributed by atoms with van der Waals surface area (Å²) in [5, 5.41) is 10.00. The summed E-state index contributed by atoms with van der Waals surface area (Å²) >= 11 is 0. The van der Waals surface area contributed by atoms with Crippen LogP contribution in [0, 0.1) is 0 Å². The highest BCUT2D eigenvalue weighted by Gasteiger charge is 2.19. The number of hydrogen-bond donors (Lipinski definition) is 0. The lowest BCUT2D eigenvalue weighted by Crippen LogP contribution is -2.17. The number of aromatic nitrogens is 6. The molecular formula is C21H24N6O. The Morgan fingerprint density at radius 2 is 1.89 bits per heavy atom. The van der Waals surface area contributed by atoms with Crippen molar-refractivity contribution in [2.75, 3.05) is 0 Å². The van der Waals surface area contributed by atoms with E-state index in [1.165, 1.54) is 0 Å². The Bertz CT molecular complexity index is 1180. The molecule has 7 heteroatoms. The van der Waals surface area contributed by atoms with Gasteiger partial charge in [0.05, 0.1) is 11.7 Å². The molecule has 0 atom stereocenters. The second-order valence-corrected chi connectivity index (χ2v) is 7.01. The van der Waals surface area contributed by atoms with Crippen molar-refractivity contribution >= 4 is 10.9 Å². The van der Waals surface area contributed by atoms with E-state index < -0.39 is 0 Å². The Labute approximate surface area is 163 Å². The van der Waals surface area contributed by atoms with Gasteiger partial charge in [0, 0.05) is 43.6 Å². The lowest BCUT2D eigenvalue weighted by molar-refractivity contribution is 0.672. The van der Waals surface area contributed by atoms with Crippen LogP contribution < -0.4 is 5.56 Å². The van der Waals surface area contributed by atoms with E-state index in [-0.39, 0.29) is 5.56 Å². The molecule has 0 saturated carbocycles. The average Bonchev–Trinajstić information content (AvgIpc) is 3.31. The van der Waals surface area contributed by atoms with E-state index in [0.717, 1.165) is 53.8 Å². The molecule has 1 aromatic carbocycles. The first-order valence-corrected chi connectivity index (χ1v) is 9.63. The molecule has 0 aliphatic rings. The van der Waals surface area contributed by atoms with Gasteiger partial charge in [-0.15, -0.1) is 5.10 Å². The summed E-state index contributed by atoms with van der Waals surface area (Å²) in [6.45, 7) is 2.18. The fraction of sp³-hybridized carbons (Fsp3) is 0.333. The van der Waals surface area contributed by atoms with Gasteiger partial charge >= 0.3 is 0 Å². The molecule has 0 saturated heterocycles. The lowest BCUT2D eigenvalue weighted by Gasteiger charge is -2.11. The molecule has 4 aromatic rings. The Morgan fingerprint density at radius 3 is 2.64 bits per heavy atom. The number of pyridine rings is 1. The number of hydrogen-bond acceptors (Lipinski definition) is 4. The summed E-state index contributed by atoms with van der Waals surface area (Å²) in [6, 6.07) is 11.4. The van der Waals surface area contributed by atoms with E-state index >= 15 is 0 Å². The topological polar surface area (TPSA) is 70.5 Å². The Balaban J connectivity index is 1.94. The van der Waals surface area contributed by atoms with Crippen LogP contribution in [0.15, 0.2) is 47.4 Å². The summed E-state index contributed by atoms with van der Waals surface area (Å²) in [6.07, 6.45) is 5.88. The summed E-state index contributed by atoms with van der Waals surface area (Å²) in [4.78, 5) is 17.4. The summed E-state index contributed by atoms with van der Waals surface area (Å²) in [7, 11) is 3.66. The fourth-order valence-corrected chi connectivity index (χ4v) is 3.50. The highest BCUT2D eigenvalue weighted by Crippen LogP contribution is 2.27. The first-order chi connectivity index (χ1) is 13.6. The van der Waals surface area contributed by atoms with Crippen LogP contribution in [-0.2, 0) is 20.5 Å². The molecule has 0 aliphatic heterocycles. The average molecular weight is 376 g/mol. The first kappa shape index (κ1) is 18.2. The van der Waals surface area contributed by atoms with Crippen LogP contribution in [0.2, 0.25) is 0 Å². The number of para-hydroxylation sites is 1. The van der Waals surface area contributed by atoms with Gasteiger partial charge in [-0.2, -0.15) is 9.78 Å². The van der Waals surface area contributed by atoms with Crippen molar-refractivity contribution in [3.05, 3.63) is 58.8 Å². The van der Waals surface area contributed by atoms with Gasteiger partial charge in [-0.25, -0.2) is 4.98 Å². The van der Waals surface area contributed by atoms with Gasteiger partial charge in [0.15, 0.2) is 17.5 Å². The van der Waals surface area contributed by atoms with E-state index in [9.17, 15) is 4.79 Å². The van der Waals surface area contributed by atoms with Crippen molar-refractivity contribution in [1.82, 2.24) is 29.1 Å². The zero-order chi connectivity index (χ0) is 19.7. The van der Waals surface area contributed by atoms with E-state index in [4.69, 9.17) is 10.1 Å². The highest BCUT2D eigenvalue weighted by molar-refractivity contribution is 5.93. The third-order valence-corrected chi connectivity index (χ3v) is 5.06. The van der Waals surface area contributed by atoms with Gasteiger partial charge in [-0.1, -0.05) is 38.0 Å². The molecule has 0 spiro atoms. The molecule has 3 heterocycles. The highest BCUT2D eigenvalue weighted by atomic mass is 16.1. The first-order valence-electron chi connectivity index (χ1n) is 9.63. The smallest absolute Gasteiger partial charge is 0.251 e. The van der Waals surface area contributed by atoms with Gasteiger partial charge in [-0.05, 0) is 12.5 Å². The van der Waals surface area contributed by atoms with Gasteiger partial charge in [0.25, 0.3) is 5.56 Å². The van der Waals surface area contributed by atoms with Crippen molar-refractivity contribution in [3.63, 3.8) is 0 Å². The van der Waals surface area contributed by atoms with Crippen LogP contribution in [0.25, 0.3) is 28.1 Å². The van der Waals surface area contributed by atoms with Crippen molar-refractivity contribution in [2.45, 2.75) is 32.6 Å². The molecule has 144 valence electrons. The van der Waals surface area contributed by atoms with E-state index in [0.29, 0.717) is 5.82 Å². The van der Waals surface area contributed by atoms with Crippen LogP contribution in [0.4, 0.5) is 0 Å². The maximum Gasteiger partial charge on any atom is 0.251 e. The van der Waals surface area contributed by atoms with Gasteiger partial charge in [-0.3, -0.25) is 9.48 Å². The molecule has 0 fully saturated rings. The van der Waals surface area contributed by atoms with Gasteiger partial charge in [0.2, 0.25) is 0 Å². The Kier molecular flexibility index (Phi) is 4.81. The normalized spacial score (nSPS) is 11.4. The molecule has 0 unspecified atom stereocenters. The number of unbranched alkanes of at least 4 members (excludes halogenated alkanes) is 2. The zero-order valence-electron chi connectivity index (χ0n) is 16.5. The van der Waals surface area contributed by atoms with Crippen LogP contribution >= 0.6 is 0 Å². The molecule has 0 aliphatic carbocycles. The van der Waals surface area contributed by atoms with E-state index in [2.05, 4.69) is 12.0 Å². The van der Waals surface area contributed by atoms with Crippen LogP contribution in [0.5, 0.6) is 0 Å². The van der Waals surface area contributed by atoms with Crippen molar-refractivity contribution in [3.8, 4) is 17.2 Å². The van der Waals surface area contributed by atoms with E-state index in [1.54, 1.807) is 33.2 Å². The van der Waals surface area contributed by atoms with Crippen LogP contribution in [-0.4, -0.2) is 29.1 Å². The molecule has 3 aromatic heterocycles. The Morgan fingerprint density at radius 1 is 1.07 bits per heavy atom.